The zero-order chi connectivity index (χ0) is 38.2. The first kappa shape index (κ1) is 38.6. The van der Waals surface area contributed by atoms with E-state index in [1.165, 1.54) is 38.0 Å². The Bertz CT molecular complexity index is 1780. The number of nitrogens with two attached hydrogens (primary N) is 1. The van der Waals surface area contributed by atoms with Crippen LogP contribution in [0, 0.1) is 5.41 Å². The number of hydrogen-bond acceptors (Lipinski definition) is 9. The van der Waals surface area contributed by atoms with Gasteiger partial charge < -0.3 is 30.0 Å². The summed E-state index contributed by atoms with van der Waals surface area (Å²) in [4.78, 5) is 37.9. The van der Waals surface area contributed by atoms with Crippen LogP contribution < -0.4 is 20.3 Å². The second kappa shape index (κ2) is 14.4. The summed E-state index contributed by atoms with van der Waals surface area (Å²) < 4.78 is 99.5. The van der Waals surface area contributed by atoms with E-state index < -0.39 is 59.1 Å². The first-order chi connectivity index (χ1) is 24.3. The number of methoxy groups -OCH3 is 1. The van der Waals surface area contributed by atoms with E-state index in [1.807, 2.05) is 4.90 Å². The summed E-state index contributed by atoms with van der Waals surface area (Å²) in [5.74, 6) is -1.89. The molecule has 1 aromatic carbocycles. The lowest BCUT2D eigenvalue weighted by Crippen LogP contribution is -2.62. The van der Waals surface area contributed by atoms with Crippen molar-refractivity contribution >= 4 is 23.4 Å². The number of hydrogen-bond donors (Lipinski definition) is 2. The van der Waals surface area contributed by atoms with Crippen molar-refractivity contribution in [1.29, 1.82) is 0 Å². The van der Waals surface area contributed by atoms with Crippen molar-refractivity contribution in [1.82, 2.24) is 9.97 Å². The lowest BCUT2D eigenvalue weighted by Gasteiger charge is -2.46. The largest absolute Gasteiger partial charge is 0.481 e. The molecule has 5 rings (SSSR count). The number of fused-ring (bicyclic) bond motifs is 1. The van der Waals surface area contributed by atoms with Gasteiger partial charge in [0.1, 0.15) is 12.3 Å². The lowest BCUT2D eigenvalue weighted by molar-refractivity contribution is -0.149. The van der Waals surface area contributed by atoms with E-state index in [0.717, 1.165) is 0 Å². The Hall–Kier alpha value is -4.64. The van der Waals surface area contributed by atoms with Crippen LogP contribution in [-0.4, -0.2) is 72.8 Å². The molecule has 0 aliphatic carbocycles. The second-order valence-corrected chi connectivity index (χ2v) is 13.5. The molecule has 2 aliphatic rings. The molecule has 17 heteroatoms. The summed E-state index contributed by atoms with van der Waals surface area (Å²) in [7, 11) is 1.37. The minimum atomic E-state index is -5.05. The number of amides is 1. The third-order valence-electron chi connectivity index (χ3n) is 9.33. The third-order valence-corrected chi connectivity index (χ3v) is 9.33. The van der Waals surface area contributed by atoms with Crippen LogP contribution in [0.4, 0.5) is 42.5 Å². The minimum Gasteiger partial charge on any atom is -0.481 e. The van der Waals surface area contributed by atoms with E-state index in [4.69, 9.17) is 24.9 Å². The Morgan fingerprint density at radius 3 is 2.21 bits per heavy atom. The number of carbonyl (C=O) groups is 2. The number of pyridine rings is 2. The third kappa shape index (κ3) is 8.04. The standard InChI is InChI=1S/C35H39F6N5O6/c1-5-33(42)17-25(29-26(6-7-27(44-29)50-4)46(33)31(49)52-19-32(2,3)30(47)48)28-21(15-24(18-43-28)45-8-10-51-11-9-45)12-20-13-22(34(36,37)38)16-23(14-20)35(39,40)41/h6-7,13-16,18,25H,5,8-12,17,19,42H2,1-4H3,(H,47,48)/t25-,33+/m0/s1. The minimum absolute atomic E-state index is 0.0542. The van der Waals surface area contributed by atoms with E-state index in [9.17, 15) is 41.0 Å². The van der Waals surface area contributed by atoms with Crippen molar-refractivity contribution < 1.29 is 55.2 Å². The molecule has 1 saturated heterocycles. The molecule has 2 aromatic heterocycles. The van der Waals surface area contributed by atoms with Gasteiger partial charge in [0.2, 0.25) is 5.88 Å². The van der Waals surface area contributed by atoms with Gasteiger partial charge in [-0.25, -0.2) is 9.78 Å². The van der Waals surface area contributed by atoms with Crippen molar-refractivity contribution in [3.63, 3.8) is 0 Å². The summed E-state index contributed by atoms with van der Waals surface area (Å²) in [6, 6.07) is 6.14. The van der Waals surface area contributed by atoms with Gasteiger partial charge in [-0.1, -0.05) is 6.92 Å². The highest BCUT2D eigenvalue weighted by molar-refractivity contribution is 5.91. The number of morpholine rings is 1. The molecule has 52 heavy (non-hydrogen) atoms. The Morgan fingerprint density at radius 1 is 1.02 bits per heavy atom. The van der Waals surface area contributed by atoms with Crippen LogP contribution in [-0.2, 0) is 33.0 Å². The Kier molecular flexibility index (Phi) is 10.7. The second-order valence-electron chi connectivity index (χ2n) is 13.5. The Morgan fingerprint density at radius 2 is 1.65 bits per heavy atom. The van der Waals surface area contributed by atoms with Crippen molar-refractivity contribution in [2.75, 3.05) is 49.8 Å². The topological polar surface area (TPSA) is 140 Å². The van der Waals surface area contributed by atoms with Crippen LogP contribution in [0.5, 0.6) is 5.88 Å². The van der Waals surface area contributed by atoms with E-state index >= 15 is 0 Å². The molecule has 3 aromatic rings. The first-order valence-electron chi connectivity index (χ1n) is 16.4. The fourth-order valence-corrected chi connectivity index (χ4v) is 6.27. The summed E-state index contributed by atoms with van der Waals surface area (Å²) in [6.45, 7) is 5.78. The first-order valence-corrected chi connectivity index (χ1v) is 16.4. The molecule has 0 bridgehead atoms. The average molecular weight is 740 g/mol. The highest BCUT2D eigenvalue weighted by Gasteiger charge is 2.48. The molecule has 4 heterocycles. The van der Waals surface area contributed by atoms with Crippen molar-refractivity contribution in [3.8, 4) is 5.88 Å². The highest BCUT2D eigenvalue weighted by Crippen LogP contribution is 2.47. The maximum atomic E-state index is 13.9. The smallest absolute Gasteiger partial charge is 0.416 e. The molecule has 1 amide bonds. The molecule has 0 saturated carbocycles. The maximum Gasteiger partial charge on any atom is 0.416 e. The van der Waals surface area contributed by atoms with Crippen molar-refractivity contribution in [2.24, 2.45) is 11.1 Å². The summed E-state index contributed by atoms with van der Waals surface area (Å²) >= 11 is 0. The quantitative estimate of drug-likeness (QED) is 0.231. The van der Waals surface area contributed by atoms with Crippen LogP contribution in [0.1, 0.15) is 73.2 Å². The van der Waals surface area contributed by atoms with Gasteiger partial charge in [-0.3, -0.25) is 14.7 Å². The highest BCUT2D eigenvalue weighted by atomic mass is 19.4. The van der Waals surface area contributed by atoms with Crippen LogP contribution in [0.15, 0.2) is 42.6 Å². The maximum absolute atomic E-state index is 13.9. The van der Waals surface area contributed by atoms with Gasteiger partial charge in [0.05, 0.1) is 65.8 Å². The van der Waals surface area contributed by atoms with E-state index in [-0.39, 0.29) is 53.8 Å². The number of anilines is 2. The molecule has 0 radical (unpaired) electrons. The molecule has 0 unspecified atom stereocenters. The molecule has 2 atom stereocenters. The van der Waals surface area contributed by atoms with Gasteiger partial charge in [-0.15, -0.1) is 0 Å². The predicted molar refractivity (Wildman–Crippen MR) is 176 cm³/mol. The van der Waals surface area contributed by atoms with Crippen molar-refractivity contribution in [3.05, 3.63) is 76.2 Å². The normalized spacial score (nSPS) is 19.6. The van der Waals surface area contributed by atoms with Gasteiger partial charge in [0.25, 0.3) is 0 Å². The predicted octanol–water partition coefficient (Wildman–Crippen LogP) is 6.60. The number of rotatable bonds is 9. The Balaban J connectivity index is 1.67. The number of carboxylic acids is 1. The molecule has 3 N–H and O–H groups in total. The van der Waals surface area contributed by atoms with Gasteiger partial charge in [0, 0.05) is 25.1 Å². The van der Waals surface area contributed by atoms with Crippen LogP contribution in [0.3, 0.4) is 0 Å². The fourth-order valence-electron chi connectivity index (χ4n) is 6.27. The lowest BCUT2D eigenvalue weighted by atomic mass is 9.80. The molecular formula is C35H39F6N5O6. The molecule has 1 fully saturated rings. The number of ether oxygens (including phenoxy) is 3. The van der Waals surface area contributed by atoms with Gasteiger partial charge >= 0.3 is 24.4 Å². The zero-order valence-corrected chi connectivity index (χ0v) is 28.9. The van der Waals surface area contributed by atoms with Crippen LogP contribution >= 0.6 is 0 Å². The van der Waals surface area contributed by atoms with E-state index in [2.05, 4.69) is 4.98 Å². The zero-order valence-electron chi connectivity index (χ0n) is 28.9. The van der Waals surface area contributed by atoms with Crippen LogP contribution in [0.25, 0.3) is 0 Å². The van der Waals surface area contributed by atoms with E-state index in [1.54, 1.807) is 19.2 Å². The molecule has 282 valence electrons. The SMILES string of the molecule is CC[C@]1(N)C[C@@H](c2ncc(N3CCOCC3)cc2Cc2cc(C(F)(F)F)cc(C(F)(F)F)c2)c2nc(OC)ccc2N1C(=O)OCC(C)(C)C(=O)O. The van der Waals surface area contributed by atoms with Gasteiger partial charge in [-0.05, 0) is 74.6 Å². The van der Waals surface area contributed by atoms with Crippen LogP contribution in [0.2, 0.25) is 0 Å². The number of carboxylic acid groups (broad SMARTS) is 1. The number of nitrogens with zero attached hydrogens (tertiary/aromatic N) is 4. The summed E-state index contributed by atoms with van der Waals surface area (Å²) in [5, 5.41) is 9.55. The molecule has 2 aliphatic heterocycles. The van der Waals surface area contributed by atoms with Crippen molar-refractivity contribution in [2.45, 2.75) is 64.0 Å². The fraction of sp³-hybridized carbons (Fsp3) is 0.486. The molecular weight excluding hydrogens is 700 g/mol. The molecule has 0 spiro atoms. The average Bonchev–Trinajstić information content (AvgIpc) is 3.09. The van der Waals surface area contributed by atoms with E-state index in [0.29, 0.717) is 49.7 Å². The van der Waals surface area contributed by atoms with Gasteiger partial charge in [0.15, 0.2) is 0 Å². The summed E-state index contributed by atoms with van der Waals surface area (Å²) in [6.07, 6.45) is -9.75. The summed E-state index contributed by atoms with van der Waals surface area (Å²) in [5.41, 5.74) is 2.49. The Labute approximate surface area is 295 Å². The number of halogens is 6. The monoisotopic (exact) mass is 739 g/mol. The number of benzene rings is 1. The van der Waals surface area contributed by atoms with Gasteiger partial charge in [-0.2, -0.15) is 26.3 Å². The molecule has 11 nitrogen and oxygen atoms in total. The number of alkyl halides is 6. The number of carbonyl (C=O) groups excluding carboxylic acids is 1. The number of aromatic nitrogens is 2. The number of aliphatic carboxylic acids is 1.